The number of aryl methyl sites for hydroxylation is 2. The maximum atomic E-state index is 13.0. The maximum Gasteiger partial charge on any atom is 0.573 e. The largest absolute Gasteiger partial charge is 0.573 e. The molecular weight excluding hydrogens is 629 g/mol. The number of alkyl halides is 3. The van der Waals surface area contributed by atoms with Gasteiger partial charge in [-0.2, -0.15) is 4.99 Å². The second kappa shape index (κ2) is 13.6. The lowest BCUT2D eigenvalue weighted by Gasteiger charge is -2.20. The molecule has 0 bridgehead atoms. The van der Waals surface area contributed by atoms with Crippen LogP contribution in [0.15, 0.2) is 78.0 Å². The van der Waals surface area contributed by atoms with Gasteiger partial charge in [0.2, 0.25) is 5.91 Å². The number of thioether (sulfide) groups is 1. The third-order valence-electron chi connectivity index (χ3n) is 8.19. The summed E-state index contributed by atoms with van der Waals surface area (Å²) in [6.07, 6.45) is 1.01. The molecule has 2 fully saturated rings. The van der Waals surface area contributed by atoms with Crippen LogP contribution in [0.1, 0.15) is 55.2 Å². The molecule has 13 heteroatoms. The lowest BCUT2D eigenvalue weighted by atomic mass is 9.96. The number of aliphatic imine (C=N–C) groups is 1. The van der Waals surface area contributed by atoms with Gasteiger partial charge in [-0.15, -0.1) is 18.3 Å². The Balaban J connectivity index is 1.06. The van der Waals surface area contributed by atoms with Crippen molar-refractivity contribution < 1.29 is 27.5 Å². The van der Waals surface area contributed by atoms with Crippen LogP contribution in [-0.2, 0) is 11.2 Å². The zero-order valence-electron chi connectivity index (χ0n) is 25.8. The van der Waals surface area contributed by atoms with Gasteiger partial charge in [-0.1, -0.05) is 61.5 Å². The Morgan fingerprint density at radius 3 is 2.57 bits per heavy atom. The van der Waals surface area contributed by atoms with Gasteiger partial charge in [-0.05, 0) is 85.5 Å². The number of urea groups is 1. The van der Waals surface area contributed by atoms with Crippen LogP contribution in [0, 0.1) is 6.92 Å². The lowest BCUT2D eigenvalue weighted by molar-refractivity contribution is -0.274. The molecule has 3 aromatic carbocycles. The number of aromatic nitrogens is 3. The third-order valence-corrected chi connectivity index (χ3v) is 9.11. The average molecular weight is 663 g/mol. The van der Waals surface area contributed by atoms with Gasteiger partial charge in [-0.3, -0.25) is 9.69 Å². The van der Waals surface area contributed by atoms with Gasteiger partial charge in [0.15, 0.2) is 11.0 Å². The van der Waals surface area contributed by atoms with Gasteiger partial charge in [0.1, 0.15) is 12.1 Å². The van der Waals surface area contributed by atoms with Gasteiger partial charge in [-0.25, -0.2) is 14.5 Å². The number of carbonyl (C=O) groups is 2. The molecular formula is C34H33F3N6O3S. The minimum atomic E-state index is -4.75. The molecule has 1 aliphatic heterocycles. The molecule has 0 spiro atoms. The summed E-state index contributed by atoms with van der Waals surface area (Å²) in [6.45, 7) is 4.08. The number of nitrogens with zero attached hydrogens (tertiary/aromatic N) is 5. The molecule has 4 aromatic rings. The SMILES string of the molecule is CCCc1ccc(C)cc1N1C(=O)CSC1=NC(=O)NC1CCC(c2ccc(-c3ncn(-c4ccc(OC(F)(F)F)cc4)n3)cc2)C1. The van der Waals surface area contributed by atoms with E-state index in [4.69, 9.17) is 0 Å². The van der Waals surface area contributed by atoms with Crippen molar-refractivity contribution in [1.29, 1.82) is 0 Å². The number of benzene rings is 3. The second-order valence-corrected chi connectivity index (χ2v) is 12.6. The smallest absolute Gasteiger partial charge is 0.406 e. The highest BCUT2D eigenvalue weighted by Gasteiger charge is 2.33. The Bertz CT molecular complexity index is 1790. The summed E-state index contributed by atoms with van der Waals surface area (Å²) >= 11 is 1.28. The van der Waals surface area contributed by atoms with Crippen LogP contribution >= 0.6 is 11.8 Å². The average Bonchev–Trinajstić information content (AvgIpc) is 3.79. The van der Waals surface area contributed by atoms with Crippen LogP contribution in [0.2, 0.25) is 0 Å². The fourth-order valence-corrected chi connectivity index (χ4v) is 6.84. The van der Waals surface area contributed by atoms with E-state index < -0.39 is 12.4 Å². The van der Waals surface area contributed by atoms with Crippen molar-refractivity contribution in [2.45, 2.75) is 64.3 Å². The summed E-state index contributed by atoms with van der Waals surface area (Å²) < 4.78 is 42.8. The Labute approximate surface area is 274 Å². The number of ether oxygens (including phenoxy) is 1. The molecule has 1 saturated carbocycles. The zero-order chi connectivity index (χ0) is 33.1. The highest BCUT2D eigenvalue weighted by molar-refractivity contribution is 8.15. The number of hydrogen-bond donors (Lipinski definition) is 1. The van der Waals surface area contributed by atoms with E-state index in [0.717, 1.165) is 60.0 Å². The summed E-state index contributed by atoms with van der Waals surface area (Å²) in [5.41, 5.74) is 5.38. The molecule has 0 radical (unpaired) electrons. The van der Waals surface area contributed by atoms with Crippen LogP contribution in [0.4, 0.5) is 23.7 Å². The Morgan fingerprint density at radius 2 is 1.85 bits per heavy atom. The second-order valence-electron chi connectivity index (χ2n) is 11.6. The number of carbonyl (C=O) groups excluding carboxylic acids is 2. The van der Waals surface area contributed by atoms with Crippen molar-refractivity contribution in [1.82, 2.24) is 20.1 Å². The molecule has 2 heterocycles. The molecule has 1 aliphatic carbocycles. The first kappa shape index (κ1) is 32.3. The van der Waals surface area contributed by atoms with Gasteiger partial charge in [0, 0.05) is 11.6 Å². The van der Waals surface area contributed by atoms with Crippen LogP contribution < -0.4 is 15.0 Å². The predicted molar refractivity (Wildman–Crippen MR) is 175 cm³/mol. The van der Waals surface area contributed by atoms with E-state index in [1.54, 1.807) is 4.90 Å². The van der Waals surface area contributed by atoms with Crippen LogP contribution in [0.25, 0.3) is 17.1 Å². The van der Waals surface area contributed by atoms with Crippen molar-refractivity contribution in [2.75, 3.05) is 10.7 Å². The van der Waals surface area contributed by atoms with Crippen molar-refractivity contribution in [2.24, 2.45) is 4.99 Å². The highest BCUT2D eigenvalue weighted by Crippen LogP contribution is 2.36. The summed E-state index contributed by atoms with van der Waals surface area (Å²) in [4.78, 5) is 36.2. The highest BCUT2D eigenvalue weighted by atomic mass is 32.2. The molecule has 1 aromatic heterocycles. The quantitative estimate of drug-likeness (QED) is 0.209. The zero-order valence-corrected chi connectivity index (χ0v) is 26.6. The number of amidine groups is 1. The standard InChI is InChI=1S/C34H33F3N6O3S/c1-3-4-23-6-5-21(2)17-29(23)43-30(44)19-47-33(43)40-32(45)39-26-12-11-25(18-26)22-7-9-24(10-8-22)31-38-20-42(41-31)27-13-15-28(16-14-27)46-34(35,36)37/h5-10,13-17,20,25-26H,3-4,11-12,18-19H2,1-2H3,(H,39,45). The maximum absolute atomic E-state index is 13.0. The third kappa shape index (κ3) is 7.67. The van der Waals surface area contributed by atoms with Crippen molar-refractivity contribution in [3.05, 3.63) is 89.7 Å². The first-order valence-electron chi connectivity index (χ1n) is 15.4. The molecule has 2 atom stereocenters. The lowest BCUT2D eigenvalue weighted by Crippen LogP contribution is -2.34. The van der Waals surface area contributed by atoms with Crippen LogP contribution in [0.3, 0.4) is 0 Å². The van der Waals surface area contributed by atoms with E-state index in [2.05, 4.69) is 32.1 Å². The molecule has 9 nitrogen and oxygen atoms in total. The minimum Gasteiger partial charge on any atom is -0.406 e. The molecule has 2 unspecified atom stereocenters. The first-order chi connectivity index (χ1) is 22.6. The summed E-state index contributed by atoms with van der Waals surface area (Å²) in [7, 11) is 0. The molecule has 244 valence electrons. The van der Waals surface area contributed by atoms with E-state index >= 15 is 0 Å². The molecule has 6 rings (SSSR count). The van der Waals surface area contributed by atoms with E-state index in [9.17, 15) is 22.8 Å². The molecule has 1 saturated heterocycles. The van der Waals surface area contributed by atoms with Gasteiger partial charge in [0.05, 0.1) is 17.1 Å². The first-order valence-corrected chi connectivity index (χ1v) is 16.4. The van der Waals surface area contributed by atoms with E-state index in [1.807, 2.05) is 49.4 Å². The minimum absolute atomic E-state index is 0.0352. The molecule has 1 N–H and O–H groups in total. The fourth-order valence-electron chi connectivity index (χ4n) is 5.98. The number of halogens is 3. The molecule has 2 aliphatic rings. The van der Waals surface area contributed by atoms with E-state index in [1.165, 1.54) is 47.0 Å². The Hall–Kier alpha value is -4.65. The normalized spacial score (nSPS) is 19.0. The van der Waals surface area contributed by atoms with Crippen molar-refractivity contribution in [3.63, 3.8) is 0 Å². The van der Waals surface area contributed by atoms with Crippen molar-refractivity contribution >= 4 is 34.6 Å². The Morgan fingerprint density at radius 1 is 1.09 bits per heavy atom. The summed E-state index contributed by atoms with van der Waals surface area (Å²) in [5, 5.41) is 7.93. The predicted octanol–water partition coefficient (Wildman–Crippen LogP) is 7.58. The molecule has 47 heavy (non-hydrogen) atoms. The van der Waals surface area contributed by atoms with E-state index in [-0.39, 0.29) is 29.4 Å². The summed E-state index contributed by atoms with van der Waals surface area (Å²) in [6, 6.07) is 18.9. The number of amides is 3. The van der Waals surface area contributed by atoms with Gasteiger partial charge < -0.3 is 10.1 Å². The van der Waals surface area contributed by atoms with Gasteiger partial charge >= 0.3 is 12.4 Å². The molecule has 3 amide bonds. The fraction of sp³-hybridized carbons (Fsp3) is 0.324. The number of anilines is 1. The van der Waals surface area contributed by atoms with Crippen LogP contribution in [-0.4, -0.2) is 50.0 Å². The number of nitrogens with one attached hydrogen (secondary N) is 1. The number of hydrogen-bond acceptors (Lipinski definition) is 6. The van der Waals surface area contributed by atoms with E-state index in [0.29, 0.717) is 16.7 Å². The van der Waals surface area contributed by atoms with Crippen LogP contribution in [0.5, 0.6) is 5.75 Å². The van der Waals surface area contributed by atoms with Gasteiger partial charge in [0.25, 0.3) is 0 Å². The summed E-state index contributed by atoms with van der Waals surface area (Å²) in [5.74, 6) is 0.593. The number of rotatable bonds is 8. The topological polar surface area (TPSA) is 102 Å². The monoisotopic (exact) mass is 662 g/mol. The Kier molecular flexibility index (Phi) is 9.35. The van der Waals surface area contributed by atoms with Crippen molar-refractivity contribution in [3.8, 4) is 22.8 Å².